The Bertz CT molecular complexity index is 720. The molecule has 2 aromatic rings. The Morgan fingerprint density at radius 2 is 2.00 bits per heavy atom. The van der Waals surface area contributed by atoms with Gasteiger partial charge in [0.15, 0.2) is 5.13 Å². The number of carbonyl (C=O) groups is 1. The van der Waals surface area contributed by atoms with Crippen LogP contribution in [0.15, 0.2) is 23.6 Å². The molecule has 0 unspecified atom stereocenters. The summed E-state index contributed by atoms with van der Waals surface area (Å²) in [5.74, 6) is -0.0713. The van der Waals surface area contributed by atoms with E-state index in [1.54, 1.807) is 0 Å². The van der Waals surface area contributed by atoms with E-state index in [2.05, 4.69) is 52.1 Å². The van der Waals surface area contributed by atoms with E-state index in [0.717, 1.165) is 38.4 Å². The predicted molar refractivity (Wildman–Crippen MR) is 99.8 cm³/mol. The maximum absolute atomic E-state index is 11.1. The molecule has 1 amide bonds. The first-order valence-electron chi connectivity index (χ1n) is 8.28. The van der Waals surface area contributed by atoms with Crippen LogP contribution in [0, 0.1) is 13.8 Å². The van der Waals surface area contributed by atoms with Gasteiger partial charge in [-0.2, -0.15) is 0 Å². The van der Waals surface area contributed by atoms with E-state index in [1.807, 2.05) is 5.38 Å². The highest BCUT2D eigenvalue weighted by Gasteiger charge is 2.19. The number of carbonyl (C=O) groups excluding carboxylic acids is 1. The van der Waals surface area contributed by atoms with Gasteiger partial charge in [-0.25, -0.2) is 4.98 Å². The summed E-state index contributed by atoms with van der Waals surface area (Å²) in [7, 11) is 0. The zero-order valence-corrected chi connectivity index (χ0v) is 15.3. The third-order valence-electron chi connectivity index (χ3n) is 4.51. The van der Waals surface area contributed by atoms with Crippen LogP contribution in [0.2, 0.25) is 0 Å². The summed E-state index contributed by atoms with van der Waals surface area (Å²) >= 11 is 1.49. The van der Waals surface area contributed by atoms with Crippen molar-refractivity contribution in [2.45, 2.75) is 27.3 Å². The fourth-order valence-corrected chi connectivity index (χ4v) is 3.79. The van der Waals surface area contributed by atoms with Crippen molar-refractivity contribution in [3.05, 3.63) is 40.4 Å². The lowest BCUT2D eigenvalue weighted by Gasteiger charge is -2.36. The first kappa shape index (κ1) is 16.9. The van der Waals surface area contributed by atoms with Crippen LogP contribution >= 0.6 is 11.3 Å². The zero-order valence-electron chi connectivity index (χ0n) is 14.5. The minimum Gasteiger partial charge on any atom is -0.369 e. The Hall–Kier alpha value is -1.92. The van der Waals surface area contributed by atoms with Crippen LogP contribution in [-0.4, -0.2) is 42.0 Å². The van der Waals surface area contributed by atoms with Crippen molar-refractivity contribution in [2.24, 2.45) is 0 Å². The highest BCUT2D eigenvalue weighted by Crippen LogP contribution is 2.24. The number of nitrogens with one attached hydrogen (secondary N) is 1. The van der Waals surface area contributed by atoms with Gasteiger partial charge in [-0.1, -0.05) is 12.1 Å². The maximum atomic E-state index is 11.1. The third-order valence-corrected chi connectivity index (χ3v) is 5.32. The number of benzene rings is 1. The molecule has 0 aliphatic carbocycles. The Kier molecular flexibility index (Phi) is 5.16. The fourth-order valence-electron chi connectivity index (χ4n) is 3.04. The second-order valence-corrected chi connectivity index (χ2v) is 7.17. The predicted octanol–water partition coefficient (Wildman–Crippen LogP) is 3.04. The lowest BCUT2D eigenvalue weighted by Crippen LogP contribution is -2.46. The number of aryl methyl sites for hydroxylation is 1. The molecule has 1 aromatic carbocycles. The third kappa shape index (κ3) is 3.94. The van der Waals surface area contributed by atoms with Gasteiger partial charge in [0.25, 0.3) is 0 Å². The number of hydrogen-bond acceptors (Lipinski definition) is 5. The van der Waals surface area contributed by atoms with E-state index >= 15 is 0 Å². The number of rotatable bonds is 4. The molecule has 1 N–H and O–H groups in total. The molecule has 1 fully saturated rings. The maximum Gasteiger partial charge on any atom is 0.223 e. The van der Waals surface area contributed by atoms with Crippen molar-refractivity contribution in [1.82, 2.24) is 9.88 Å². The Morgan fingerprint density at radius 3 is 2.71 bits per heavy atom. The van der Waals surface area contributed by atoms with E-state index in [4.69, 9.17) is 0 Å². The summed E-state index contributed by atoms with van der Waals surface area (Å²) in [5, 5.41) is 5.46. The summed E-state index contributed by atoms with van der Waals surface area (Å²) in [6.45, 7) is 10.9. The molecule has 1 saturated heterocycles. The summed E-state index contributed by atoms with van der Waals surface area (Å²) < 4.78 is 0. The highest BCUT2D eigenvalue weighted by atomic mass is 32.1. The number of nitrogens with zero attached hydrogens (tertiary/aromatic N) is 3. The molecule has 0 saturated carbocycles. The molecule has 1 aliphatic rings. The summed E-state index contributed by atoms with van der Waals surface area (Å²) in [4.78, 5) is 20.5. The van der Waals surface area contributed by atoms with Crippen LogP contribution < -0.4 is 10.2 Å². The molecule has 0 atom stereocenters. The highest BCUT2D eigenvalue weighted by molar-refractivity contribution is 7.13. The van der Waals surface area contributed by atoms with Crippen molar-refractivity contribution >= 4 is 28.1 Å². The first-order chi connectivity index (χ1) is 11.5. The molecule has 0 radical (unpaired) electrons. The van der Waals surface area contributed by atoms with E-state index in [-0.39, 0.29) is 5.91 Å². The number of aromatic nitrogens is 1. The Balaban J connectivity index is 1.56. The average molecular weight is 344 g/mol. The van der Waals surface area contributed by atoms with Gasteiger partial charge >= 0.3 is 0 Å². The summed E-state index contributed by atoms with van der Waals surface area (Å²) in [6.07, 6.45) is 0. The van der Waals surface area contributed by atoms with E-state index in [9.17, 15) is 4.79 Å². The lowest BCUT2D eigenvalue weighted by atomic mass is 10.1. The van der Waals surface area contributed by atoms with Crippen molar-refractivity contribution in [1.29, 1.82) is 0 Å². The number of hydrogen-bond donors (Lipinski definition) is 1. The molecular weight excluding hydrogens is 320 g/mol. The van der Waals surface area contributed by atoms with Gasteiger partial charge in [-0.3, -0.25) is 9.69 Å². The van der Waals surface area contributed by atoms with Gasteiger partial charge in [-0.05, 0) is 31.0 Å². The van der Waals surface area contributed by atoms with Crippen LogP contribution in [-0.2, 0) is 11.3 Å². The quantitative estimate of drug-likeness (QED) is 0.926. The van der Waals surface area contributed by atoms with Crippen molar-refractivity contribution in [2.75, 3.05) is 36.4 Å². The average Bonchev–Trinajstić information content (AvgIpc) is 2.97. The molecular formula is C18H24N4OS. The topological polar surface area (TPSA) is 48.5 Å². The van der Waals surface area contributed by atoms with Crippen LogP contribution in [0.25, 0.3) is 0 Å². The summed E-state index contributed by atoms with van der Waals surface area (Å²) in [6, 6.07) is 6.53. The van der Waals surface area contributed by atoms with Gasteiger partial charge in [-0.15, -0.1) is 11.3 Å². The van der Waals surface area contributed by atoms with Gasteiger partial charge in [0, 0.05) is 50.7 Å². The smallest absolute Gasteiger partial charge is 0.223 e. The van der Waals surface area contributed by atoms with Gasteiger partial charge in [0.1, 0.15) is 0 Å². The SMILES string of the molecule is CC(=O)Nc1nc(CN2CCN(c3cccc(C)c3C)CC2)cs1. The molecule has 128 valence electrons. The minimum atomic E-state index is -0.0713. The van der Waals surface area contributed by atoms with Gasteiger partial charge in [0.2, 0.25) is 5.91 Å². The molecule has 0 bridgehead atoms. The van der Waals surface area contributed by atoms with Crippen molar-refractivity contribution in [3.8, 4) is 0 Å². The minimum absolute atomic E-state index is 0.0713. The van der Waals surface area contributed by atoms with E-state index < -0.39 is 0 Å². The van der Waals surface area contributed by atoms with Gasteiger partial charge < -0.3 is 10.2 Å². The molecule has 0 spiro atoms. The number of amides is 1. The molecule has 1 aromatic heterocycles. The second kappa shape index (κ2) is 7.32. The Morgan fingerprint density at radius 1 is 1.25 bits per heavy atom. The molecule has 24 heavy (non-hydrogen) atoms. The van der Waals surface area contributed by atoms with Gasteiger partial charge in [0.05, 0.1) is 5.69 Å². The normalized spacial score (nSPS) is 15.5. The molecule has 6 heteroatoms. The van der Waals surface area contributed by atoms with E-state index in [1.165, 1.54) is 35.1 Å². The summed E-state index contributed by atoms with van der Waals surface area (Å²) in [5.41, 5.74) is 5.12. The monoisotopic (exact) mass is 344 g/mol. The molecule has 2 heterocycles. The number of anilines is 2. The second-order valence-electron chi connectivity index (χ2n) is 6.31. The number of thiazole rings is 1. The van der Waals surface area contributed by atoms with E-state index in [0.29, 0.717) is 5.13 Å². The lowest BCUT2D eigenvalue weighted by molar-refractivity contribution is -0.114. The van der Waals surface area contributed by atoms with Crippen LogP contribution in [0.1, 0.15) is 23.7 Å². The van der Waals surface area contributed by atoms with Crippen LogP contribution in [0.3, 0.4) is 0 Å². The van der Waals surface area contributed by atoms with Crippen molar-refractivity contribution < 1.29 is 4.79 Å². The molecule has 1 aliphatic heterocycles. The first-order valence-corrected chi connectivity index (χ1v) is 9.16. The fraction of sp³-hybridized carbons (Fsp3) is 0.444. The van der Waals surface area contributed by atoms with Crippen molar-refractivity contribution in [3.63, 3.8) is 0 Å². The molecule has 3 rings (SSSR count). The molecule has 5 nitrogen and oxygen atoms in total. The van der Waals surface area contributed by atoms with Crippen LogP contribution in [0.5, 0.6) is 0 Å². The largest absolute Gasteiger partial charge is 0.369 e. The number of piperazine rings is 1. The zero-order chi connectivity index (χ0) is 17.1. The van der Waals surface area contributed by atoms with Crippen LogP contribution in [0.4, 0.5) is 10.8 Å². The standard InChI is InChI=1S/C18H24N4OS/c1-13-5-4-6-17(14(13)2)22-9-7-21(8-10-22)11-16-12-24-18(20-16)19-15(3)23/h4-6,12H,7-11H2,1-3H3,(H,19,20,23). The Labute approximate surface area is 147 Å².